The number of ether oxygens (including phenoxy) is 2. The number of nitro groups is 1. The van der Waals surface area contributed by atoms with E-state index in [1.54, 1.807) is 12.1 Å². The van der Waals surface area contributed by atoms with E-state index in [1.165, 1.54) is 12.1 Å². The lowest BCUT2D eigenvalue weighted by Crippen LogP contribution is -2.11. The molecule has 2 rings (SSSR count). The molecule has 6 heteroatoms. The SMILES string of the molecule is O=[N+]([O-])c1ccc(OCC2=NCCO2)cc1. The Bertz CT molecular complexity index is 413. The van der Waals surface area contributed by atoms with E-state index in [9.17, 15) is 10.1 Å². The van der Waals surface area contributed by atoms with E-state index in [1.807, 2.05) is 0 Å². The maximum atomic E-state index is 10.4. The summed E-state index contributed by atoms with van der Waals surface area (Å²) in [4.78, 5) is 14.0. The molecule has 0 saturated heterocycles. The Kier molecular flexibility index (Phi) is 3.00. The van der Waals surface area contributed by atoms with Crippen molar-refractivity contribution in [3.05, 3.63) is 34.4 Å². The minimum atomic E-state index is -0.450. The molecule has 0 atom stereocenters. The van der Waals surface area contributed by atoms with Crippen LogP contribution in [0.15, 0.2) is 29.3 Å². The average Bonchev–Trinajstić information content (AvgIpc) is 2.80. The number of aliphatic imine (C=N–C) groups is 1. The highest BCUT2D eigenvalue weighted by Crippen LogP contribution is 2.17. The largest absolute Gasteiger partial charge is 0.484 e. The van der Waals surface area contributed by atoms with Crippen LogP contribution in [-0.4, -0.2) is 30.6 Å². The Morgan fingerprint density at radius 1 is 1.44 bits per heavy atom. The van der Waals surface area contributed by atoms with Crippen LogP contribution in [0.1, 0.15) is 0 Å². The Morgan fingerprint density at radius 2 is 2.19 bits per heavy atom. The van der Waals surface area contributed by atoms with Crippen molar-refractivity contribution >= 4 is 11.6 Å². The Balaban J connectivity index is 1.92. The molecule has 0 saturated carbocycles. The first-order valence-corrected chi connectivity index (χ1v) is 4.79. The van der Waals surface area contributed by atoms with Crippen LogP contribution in [0.3, 0.4) is 0 Å². The van der Waals surface area contributed by atoms with E-state index in [-0.39, 0.29) is 12.3 Å². The van der Waals surface area contributed by atoms with Gasteiger partial charge in [-0.3, -0.25) is 10.1 Å². The third-order valence-electron chi connectivity index (χ3n) is 2.06. The smallest absolute Gasteiger partial charge is 0.269 e. The van der Waals surface area contributed by atoms with Crippen molar-refractivity contribution in [3.63, 3.8) is 0 Å². The highest BCUT2D eigenvalue weighted by molar-refractivity contribution is 5.78. The fraction of sp³-hybridized carbons (Fsp3) is 0.300. The molecule has 0 unspecified atom stereocenters. The van der Waals surface area contributed by atoms with Gasteiger partial charge in [-0.05, 0) is 12.1 Å². The molecule has 0 aromatic heterocycles. The lowest BCUT2D eigenvalue weighted by atomic mass is 10.3. The van der Waals surface area contributed by atoms with Gasteiger partial charge in [-0.15, -0.1) is 0 Å². The minimum Gasteiger partial charge on any atom is -0.484 e. The van der Waals surface area contributed by atoms with Gasteiger partial charge in [0.15, 0.2) is 6.61 Å². The van der Waals surface area contributed by atoms with Crippen LogP contribution in [0, 0.1) is 10.1 Å². The average molecular weight is 222 g/mol. The number of non-ortho nitro benzene ring substituents is 1. The molecule has 0 aliphatic carbocycles. The van der Waals surface area contributed by atoms with Gasteiger partial charge in [0.1, 0.15) is 12.4 Å². The molecule has 1 aliphatic heterocycles. The maximum Gasteiger partial charge on any atom is 0.269 e. The molecule has 16 heavy (non-hydrogen) atoms. The predicted molar refractivity (Wildman–Crippen MR) is 56.8 cm³/mol. The molecule has 0 amide bonds. The van der Waals surface area contributed by atoms with Crippen LogP contribution in [-0.2, 0) is 4.74 Å². The van der Waals surface area contributed by atoms with Crippen LogP contribution in [0.25, 0.3) is 0 Å². The summed E-state index contributed by atoms with van der Waals surface area (Å²) in [6.45, 7) is 1.52. The molecule has 0 radical (unpaired) electrons. The van der Waals surface area contributed by atoms with E-state index < -0.39 is 4.92 Å². The summed E-state index contributed by atoms with van der Waals surface area (Å²) in [6, 6.07) is 5.89. The monoisotopic (exact) mass is 222 g/mol. The topological polar surface area (TPSA) is 74.0 Å². The number of benzene rings is 1. The quantitative estimate of drug-likeness (QED) is 0.570. The number of rotatable bonds is 4. The Hall–Kier alpha value is -2.11. The van der Waals surface area contributed by atoms with Gasteiger partial charge in [-0.1, -0.05) is 0 Å². The molecule has 0 N–H and O–H groups in total. The van der Waals surface area contributed by atoms with Crippen molar-refractivity contribution in [2.24, 2.45) is 4.99 Å². The van der Waals surface area contributed by atoms with E-state index in [0.29, 0.717) is 24.8 Å². The number of hydrogen-bond acceptors (Lipinski definition) is 5. The van der Waals surface area contributed by atoms with Gasteiger partial charge in [-0.25, -0.2) is 4.99 Å². The van der Waals surface area contributed by atoms with Gasteiger partial charge in [0.25, 0.3) is 5.69 Å². The number of nitrogens with zero attached hydrogens (tertiary/aromatic N) is 2. The molecule has 0 fully saturated rings. The van der Waals surface area contributed by atoms with Crippen LogP contribution in [0.5, 0.6) is 5.75 Å². The summed E-state index contributed by atoms with van der Waals surface area (Å²) in [7, 11) is 0. The summed E-state index contributed by atoms with van der Waals surface area (Å²) in [5.74, 6) is 1.13. The van der Waals surface area contributed by atoms with Crippen molar-refractivity contribution in [2.45, 2.75) is 0 Å². The second-order valence-electron chi connectivity index (χ2n) is 3.16. The lowest BCUT2D eigenvalue weighted by molar-refractivity contribution is -0.384. The molecule has 0 bridgehead atoms. The van der Waals surface area contributed by atoms with E-state index in [4.69, 9.17) is 9.47 Å². The van der Waals surface area contributed by atoms with Gasteiger partial charge in [0, 0.05) is 12.1 Å². The molecule has 84 valence electrons. The van der Waals surface area contributed by atoms with Crippen LogP contribution < -0.4 is 4.74 Å². The zero-order valence-corrected chi connectivity index (χ0v) is 8.46. The fourth-order valence-electron chi connectivity index (χ4n) is 1.28. The van der Waals surface area contributed by atoms with Crippen molar-refractivity contribution in [2.75, 3.05) is 19.8 Å². The zero-order valence-electron chi connectivity index (χ0n) is 8.46. The predicted octanol–water partition coefficient (Wildman–Crippen LogP) is 1.40. The van der Waals surface area contributed by atoms with Crippen LogP contribution in [0.2, 0.25) is 0 Å². The molecule has 6 nitrogen and oxygen atoms in total. The van der Waals surface area contributed by atoms with Gasteiger partial charge in [-0.2, -0.15) is 0 Å². The lowest BCUT2D eigenvalue weighted by Gasteiger charge is -2.05. The first-order chi connectivity index (χ1) is 7.75. The van der Waals surface area contributed by atoms with Crippen molar-refractivity contribution in [3.8, 4) is 5.75 Å². The summed E-state index contributed by atoms with van der Waals surface area (Å²) in [5, 5.41) is 10.4. The minimum absolute atomic E-state index is 0.0433. The van der Waals surface area contributed by atoms with Crippen LogP contribution >= 0.6 is 0 Å². The van der Waals surface area contributed by atoms with E-state index in [0.717, 1.165) is 0 Å². The molecule has 1 heterocycles. The maximum absolute atomic E-state index is 10.4. The molecule has 0 spiro atoms. The highest BCUT2D eigenvalue weighted by atomic mass is 16.6. The van der Waals surface area contributed by atoms with E-state index >= 15 is 0 Å². The first-order valence-electron chi connectivity index (χ1n) is 4.79. The molecule has 1 aliphatic rings. The van der Waals surface area contributed by atoms with Crippen molar-refractivity contribution in [1.29, 1.82) is 0 Å². The Morgan fingerprint density at radius 3 is 2.75 bits per heavy atom. The molecular weight excluding hydrogens is 212 g/mol. The Labute approximate surface area is 91.7 Å². The van der Waals surface area contributed by atoms with Crippen molar-refractivity contribution < 1.29 is 14.4 Å². The number of hydrogen-bond donors (Lipinski definition) is 0. The van der Waals surface area contributed by atoms with Gasteiger partial charge in [0.05, 0.1) is 11.5 Å². The van der Waals surface area contributed by atoms with Crippen LogP contribution in [0.4, 0.5) is 5.69 Å². The summed E-state index contributed by atoms with van der Waals surface area (Å²) in [6.07, 6.45) is 0. The second kappa shape index (κ2) is 4.61. The summed E-state index contributed by atoms with van der Waals surface area (Å²) < 4.78 is 10.5. The molecule has 1 aromatic carbocycles. The summed E-state index contributed by atoms with van der Waals surface area (Å²) >= 11 is 0. The highest BCUT2D eigenvalue weighted by Gasteiger charge is 2.09. The summed E-state index contributed by atoms with van der Waals surface area (Å²) in [5.41, 5.74) is 0.0433. The molecular formula is C10H10N2O4. The number of nitro benzene ring substituents is 1. The zero-order chi connectivity index (χ0) is 11.4. The van der Waals surface area contributed by atoms with Crippen molar-refractivity contribution in [1.82, 2.24) is 0 Å². The first kappa shape index (κ1) is 10.4. The van der Waals surface area contributed by atoms with Gasteiger partial charge >= 0.3 is 0 Å². The van der Waals surface area contributed by atoms with E-state index in [2.05, 4.69) is 4.99 Å². The normalized spacial score (nSPS) is 14.1. The second-order valence-corrected chi connectivity index (χ2v) is 3.16. The molecule has 1 aromatic rings. The third-order valence-corrected chi connectivity index (χ3v) is 2.06. The van der Waals surface area contributed by atoms with Gasteiger partial charge < -0.3 is 9.47 Å². The van der Waals surface area contributed by atoms with Gasteiger partial charge in [0.2, 0.25) is 5.90 Å². The standard InChI is InChI=1S/C10H10N2O4/c13-12(14)8-1-3-9(4-2-8)16-7-10-11-5-6-15-10/h1-4H,5-7H2. The third kappa shape index (κ3) is 2.47. The fourth-order valence-corrected chi connectivity index (χ4v) is 1.28.